The lowest BCUT2D eigenvalue weighted by molar-refractivity contribution is -0.137. The summed E-state index contributed by atoms with van der Waals surface area (Å²) in [5.74, 6) is 0.821. The van der Waals surface area contributed by atoms with Gasteiger partial charge in [-0.1, -0.05) is 28.4 Å². The van der Waals surface area contributed by atoms with E-state index in [1.807, 2.05) is 9.80 Å². The first kappa shape index (κ1) is 22.8. The Morgan fingerprint density at radius 3 is 2.31 bits per heavy atom. The molecule has 0 spiro atoms. The molecule has 1 aliphatic heterocycles. The van der Waals surface area contributed by atoms with Crippen molar-refractivity contribution in [2.45, 2.75) is 12.3 Å². The number of halogens is 5. The maximum atomic E-state index is 12.7. The topological polar surface area (TPSA) is 65.6 Å². The van der Waals surface area contributed by atoms with Gasteiger partial charge in [0.2, 0.25) is 0 Å². The number of aliphatic hydroxyl groups is 1. The van der Waals surface area contributed by atoms with Crippen LogP contribution in [0.3, 0.4) is 0 Å². The van der Waals surface area contributed by atoms with Crippen LogP contribution in [0.15, 0.2) is 47.1 Å². The average molecular weight is 487 g/mol. The molecule has 6 nitrogen and oxygen atoms in total. The number of alkyl halides is 3. The first-order valence-electron chi connectivity index (χ1n) is 9.81. The van der Waals surface area contributed by atoms with Crippen LogP contribution in [0.2, 0.25) is 10.0 Å². The molecule has 0 amide bonds. The summed E-state index contributed by atoms with van der Waals surface area (Å²) in [5.41, 5.74) is 0.429. The van der Waals surface area contributed by atoms with Crippen LogP contribution in [0.4, 0.5) is 19.0 Å². The van der Waals surface area contributed by atoms with E-state index >= 15 is 0 Å². The number of aliphatic hydroxyl groups excluding tert-OH is 1. The minimum absolute atomic E-state index is 0.322. The highest BCUT2D eigenvalue weighted by atomic mass is 35.5. The lowest BCUT2D eigenvalue weighted by Crippen LogP contribution is -2.47. The highest BCUT2D eigenvalue weighted by molar-refractivity contribution is 6.35. The molecule has 1 saturated heterocycles. The zero-order valence-corrected chi connectivity index (χ0v) is 18.2. The summed E-state index contributed by atoms with van der Waals surface area (Å²) in [6, 6.07) is 9.09. The van der Waals surface area contributed by atoms with Crippen molar-refractivity contribution in [1.29, 1.82) is 0 Å². The molecule has 0 unspecified atom stereocenters. The van der Waals surface area contributed by atoms with E-state index in [4.69, 9.17) is 27.7 Å². The molecule has 170 valence electrons. The number of pyridine rings is 1. The van der Waals surface area contributed by atoms with Gasteiger partial charge in [0.15, 0.2) is 5.76 Å². The minimum atomic E-state index is -4.40. The van der Waals surface area contributed by atoms with E-state index in [0.717, 1.165) is 12.3 Å². The molecule has 11 heteroatoms. The Balaban J connectivity index is 1.33. The SMILES string of the molecule is O[C@H](CN1CCN(c2ccc(C(F)(F)F)cn2)CC1)c1cc(-c2cc(Cl)cc(Cl)c2)no1. The highest BCUT2D eigenvalue weighted by Crippen LogP contribution is 2.30. The molecule has 4 rings (SSSR count). The van der Waals surface area contributed by atoms with Gasteiger partial charge < -0.3 is 14.5 Å². The molecule has 0 saturated carbocycles. The molecule has 3 heterocycles. The van der Waals surface area contributed by atoms with E-state index in [0.29, 0.717) is 65.6 Å². The van der Waals surface area contributed by atoms with Crippen LogP contribution in [-0.2, 0) is 6.18 Å². The van der Waals surface area contributed by atoms with Crippen LogP contribution in [0, 0.1) is 0 Å². The van der Waals surface area contributed by atoms with Gasteiger partial charge in [-0.05, 0) is 30.3 Å². The third-order valence-electron chi connectivity index (χ3n) is 5.22. The molecular weight excluding hydrogens is 468 g/mol. The average Bonchev–Trinajstić information content (AvgIpc) is 3.24. The monoisotopic (exact) mass is 486 g/mol. The van der Waals surface area contributed by atoms with E-state index in [1.54, 1.807) is 24.3 Å². The fourth-order valence-corrected chi connectivity index (χ4v) is 4.05. The van der Waals surface area contributed by atoms with Gasteiger partial charge in [0, 0.05) is 60.6 Å². The number of aromatic nitrogens is 2. The highest BCUT2D eigenvalue weighted by Gasteiger charge is 2.31. The fraction of sp³-hybridized carbons (Fsp3) is 0.333. The van der Waals surface area contributed by atoms with E-state index in [2.05, 4.69) is 10.1 Å². The quantitative estimate of drug-likeness (QED) is 0.552. The molecule has 1 aromatic carbocycles. The molecule has 1 atom stereocenters. The largest absolute Gasteiger partial charge is 0.417 e. The standard InChI is InChI=1S/C21H19Cl2F3N4O2/c22-15-7-13(8-16(23)9-15)17-10-19(32-28-17)18(31)12-29-3-5-30(6-4-29)20-2-1-14(11-27-20)21(24,25)26/h1-2,7-11,18,31H,3-6,12H2/t18-/m1/s1. The summed E-state index contributed by atoms with van der Waals surface area (Å²) in [4.78, 5) is 7.90. The number of piperazine rings is 1. The maximum absolute atomic E-state index is 12.7. The van der Waals surface area contributed by atoms with Gasteiger partial charge >= 0.3 is 6.18 Å². The Morgan fingerprint density at radius 2 is 1.72 bits per heavy atom. The van der Waals surface area contributed by atoms with Crippen molar-refractivity contribution in [2.75, 3.05) is 37.6 Å². The number of hydrogen-bond acceptors (Lipinski definition) is 6. The summed E-state index contributed by atoms with van der Waals surface area (Å²) in [5, 5.41) is 15.5. The van der Waals surface area contributed by atoms with Crippen LogP contribution in [0.1, 0.15) is 17.4 Å². The molecule has 0 aliphatic carbocycles. The minimum Gasteiger partial charge on any atom is -0.384 e. The molecule has 1 fully saturated rings. The molecule has 32 heavy (non-hydrogen) atoms. The van der Waals surface area contributed by atoms with Crippen molar-refractivity contribution < 1.29 is 22.8 Å². The summed E-state index contributed by atoms with van der Waals surface area (Å²) < 4.78 is 43.4. The van der Waals surface area contributed by atoms with Gasteiger partial charge in [-0.2, -0.15) is 13.2 Å². The molecule has 3 aromatic rings. The predicted octanol–water partition coefficient (Wildman–Crippen LogP) is 4.92. The number of hydrogen-bond donors (Lipinski definition) is 1. The number of rotatable bonds is 5. The first-order valence-corrected chi connectivity index (χ1v) is 10.6. The van der Waals surface area contributed by atoms with Crippen molar-refractivity contribution in [1.82, 2.24) is 15.0 Å². The first-order chi connectivity index (χ1) is 15.2. The van der Waals surface area contributed by atoms with E-state index < -0.39 is 17.8 Å². The van der Waals surface area contributed by atoms with Gasteiger partial charge in [0.05, 0.1) is 5.56 Å². The number of nitrogens with zero attached hydrogens (tertiary/aromatic N) is 4. The predicted molar refractivity (Wildman–Crippen MR) is 115 cm³/mol. The second-order valence-corrected chi connectivity index (χ2v) is 8.35. The Labute approximate surface area is 192 Å². The lowest BCUT2D eigenvalue weighted by Gasteiger charge is -2.36. The Bertz CT molecular complexity index is 1050. The van der Waals surface area contributed by atoms with Crippen molar-refractivity contribution in [3.8, 4) is 11.3 Å². The third kappa shape index (κ3) is 5.35. The zero-order valence-electron chi connectivity index (χ0n) is 16.7. The number of β-amino-alcohol motifs (C(OH)–C–C–N with tert-alkyl or cyclic N) is 1. The second kappa shape index (κ2) is 9.27. The number of benzene rings is 1. The third-order valence-corrected chi connectivity index (χ3v) is 5.65. The van der Waals surface area contributed by atoms with Crippen molar-refractivity contribution in [3.63, 3.8) is 0 Å². The normalized spacial score (nSPS) is 16.4. The van der Waals surface area contributed by atoms with Gasteiger partial charge in [-0.25, -0.2) is 4.98 Å². The molecule has 1 N–H and O–H groups in total. The van der Waals surface area contributed by atoms with Gasteiger partial charge in [0.25, 0.3) is 0 Å². The fourth-order valence-electron chi connectivity index (χ4n) is 3.52. The summed E-state index contributed by atoms with van der Waals surface area (Å²) in [7, 11) is 0. The number of anilines is 1. The van der Waals surface area contributed by atoms with Crippen molar-refractivity contribution in [3.05, 3.63) is 64.0 Å². The van der Waals surface area contributed by atoms with Gasteiger partial charge in [0.1, 0.15) is 17.6 Å². The Kier molecular flexibility index (Phi) is 6.62. The van der Waals surface area contributed by atoms with Crippen molar-refractivity contribution in [2.24, 2.45) is 0 Å². The smallest absolute Gasteiger partial charge is 0.384 e. The molecular formula is C21H19Cl2F3N4O2. The molecule has 1 aliphatic rings. The van der Waals surface area contributed by atoms with Crippen LogP contribution < -0.4 is 4.90 Å². The summed E-state index contributed by atoms with van der Waals surface area (Å²) in [6.45, 7) is 2.72. The van der Waals surface area contributed by atoms with Crippen LogP contribution >= 0.6 is 23.2 Å². The summed E-state index contributed by atoms with van der Waals surface area (Å²) in [6.07, 6.45) is -4.44. The van der Waals surface area contributed by atoms with Gasteiger partial charge in [-0.15, -0.1) is 0 Å². The molecule has 2 aromatic heterocycles. The van der Waals surface area contributed by atoms with Gasteiger partial charge in [-0.3, -0.25) is 4.90 Å². The van der Waals surface area contributed by atoms with E-state index in [1.165, 1.54) is 6.07 Å². The second-order valence-electron chi connectivity index (χ2n) is 7.48. The van der Waals surface area contributed by atoms with Crippen LogP contribution in [-0.4, -0.2) is 52.9 Å². The molecule has 0 bridgehead atoms. The van der Waals surface area contributed by atoms with Crippen LogP contribution in [0.25, 0.3) is 11.3 Å². The van der Waals surface area contributed by atoms with Crippen molar-refractivity contribution >= 4 is 29.0 Å². The van der Waals surface area contributed by atoms with E-state index in [-0.39, 0.29) is 0 Å². The zero-order chi connectivity index (χ0) is 22.9. The Morgan fingerprint density at radius 1 is 1.03 bits per heavy atom. The van der Waals surface area contributed by atoms with E-state index in [9.17, 15) is 18.3 Å². The lowest BCUT2D eigenvalue weighted by atomic mass is 10.1. The maximum Gasteiger partial charge on any atom is 0.417 e. The summed E-state index contributed by atoms with van der Waals surface area (Å²) >= 11 is 12.0. The molecule has 0 radical (unpaired) electrons. The van der Waals surface area contributed by atoms with Crippen LogP contribution in [0.5, 0.6) is 0 Å². The Hall–Kier alpha value is -2.33.